The van der Waals surface area contributed by atoms with Crippen molar-refractivity contribution in [3.63, 3.8) is 0 Å². The zero-order chi connectivity index (χ0) is 17.4. The first kappa shape index (κ1) is 21.8. The number of alkyl halides is 3. The summed E-state index contributed by atoms with van der Waals surface area (Å²) in [5.41, 5.74) is 0.519. The van der Waals surface area contributed by atoms with Crippen LogP contribution >= 0.6 is 24.0 Å². The van der Waals surface area contributed by atoms with Gasteiger partial charge in [-0.05, 0) is 25.8 Å². The number of ether oxygens (including phenoxy) is 1. The summed E-state index contributed by atoms with van der Waals surface area (Å²) < 4.78 is 41.7. The number of hydrogen-bond acceptors (Lipinski definition) is 3. The van der Waals surface area contributed by atoms with Crippen LogP contribution in [0.4, 0.5) is 13.2 Å². The van der Waals surface area contributed by atoms with Gasteiger partial charge in [0, 0.05) is 24.3 Å². The smallest absolute Gasteiger partial charge is 0.422 e. The van der Waals surface area contributed by atoms with E-state index in [4.69, 9.17) is 4.74 Å². The largest absolute Gasteiger partial charge is 0.468 e. The number of aliphatic imine (C=N–C) groups is 1. The average molecular weight is 472 g/mol. The van der Waals surface area contributed by atoms with E-state index in [0.717, 1.165) is 12.8 Å². The highest BCUT2D eigenvalue weighted by Gasteiger charge is 2.29. The third kappa shape index (κ3) is 8.10. The van der Waals surface area contributed by atoms with Gasteiger partial charge in [-0.3, -0.25) is 0 Å². The molecule has 1 saturated carbocycles. The molecule has 1 heterocycles. The molecule has 25 heavy (non-hydrogen) atoms. The van der Waals surface area contributed by atoms with Crippen LogP contribution in [0, 0.1) is 0 Å². The average Bonchev–Trinajstić information content (AvgIpc) is 3.04. The predicted octanol–water partition coefficient (Wildman–Crippen LogP) is 3.64. The van der Waals surface area contributed by atoms with Crippen LogP contribution in [-0.2, 0) is 6.54 Å². The Balaban J connectivity index is 0.00000312. The van der Waals surface area contributed by atoms with E-state index in [9.17, 15) is 13.2 Å². The van der Waals surface area contributed by atoms with Gasteiger partial charge in [-0.1, -0.05) is 18.9 Å². The van der Waals surface area contributed by atoms with Gasteiger partial charge in [0.25, 0.3) is 0 Å². The maximum absolute atomic E-state index is 12.3. The molecule has 0 bridgehead atoms. The van der Waals surface area contributed by atoms with Crippen molar-refractivity contribution in [3.05, 3.63) is 23.9 Å². The molecule has 1 aliphatic carbocycles. The molecule has 0 aliphatic heterocycles. The van der Waals surface area contributed by atoms with E-state index in [0.29, 0.717) is 24.1 Å². The Kier molecular flexibility index (Phi) is 9.30. The fraction of sp³-hybridized carbons (Fsp3) is 0.625. The summed E-state index contributed by atoms with van der Waals surface area (Å²) >= 11 is 0. The SMILES string of the molecule is CCNC(=NCc1cccnc1OCC(F)(F)F)NC1CCCC1.I. The molecule has 1 fully saturated rings. The Labute approximate surface area is 162 Å². The topological polar surface area (TPSA) is 58.5 Å². The van der Waals surface area contributed by atoms with E-state index < -0.39 is 12.8 Å². The van der Waals surface area contributed by atoms with Gasteiger partial charge >= 0.3 is 6.18 Å². The van der Waals surface area contributed by atoms with E-state index in [2.05, 4.69) is 20.6 Å². The lowest BCUT2D eigenvalue weighted by molar-refractivity contribution is -0.154. The number of hydrogen-bond donors (Lipinski definition) is 2. The lowest BCUT2D eigenvalue weighted by atomic mass is 10.2. The number of aromatic nitrogens is 1. The molecule has 1 aromatic heterocycles. The van der Waals surface area contributed by atoms with E-state index in [1.54, 1.807) is 12.1 Å². The summed E-state index contributed by atoms with van der Waals surface area (Å²) in [6.45, 7) is 1.51. The van der Waals surface area contributed by atoms with Crippen molar-refractivity contribution in [3.8, 4) is 5.88 Å². The van der Waals surface area contributed by atoms with Gasteiger partial charge < -0.3 is 15.4 Å². The van der Waals surface area contributed by atoms with Crippen molar-refractivity contribution in [2.24, 2.45) is 4.99 Å². The van der Waals surface area contributed by atoms with Crippen molar-refractivity contribution >= 4 is 29.9 Å². The van der Waals surface area contributed by atoms with Crippen LogP contribution in [0.25, 0.3) is 0 Å². The fourth-order valence-corrected chi connectivity index (χ4v) is 2.57. The van der Waals surface area contributed by atoms with Gasteiger partial charge in [-0.25, -0.2) is 9.98 Å². The van der Waals surface area contributed by atoms with Gasteiger partial charge in [-0.15, -0.1) is 24.0 Å². The summed E-state index contributed by atoms with van der Waals surface area (Å²) in [4.78, 5) is 8.32. The molecule has 142 valence electrons. The lowest BCUT2D eigenvalue weighted by Crippen LogP contribution is -2.42. The molecule has 2 rings (SSSR count). The molecule has 5 nitrogen and oxygen atoms in total. The molecule has 0 amide bonds. The highest BCUT2D eigenvalue weighted by molar-refractivity contribution is 14.0. The third-order valence-corrected chi connectivity index (χ3v) is 3.67. The molecular weight excluding hydrogens is 448 g/mol. The quantitative estimate of drug-likeness (QED) is 0.377. The first-order chi connectivity index (χ1) is 11.5. The number of guanidine groups is 1. The molecule has 0 spiro atoms. The van der Waals surface area contributed by atoms with Gasteiger partial charge in [0.05, 0.1) is 6.54 Å². The molecule has 1 aliphatic rings. The van der Waals surface area contributed by atoms with E-state index in [1.165, 1.54) is 19.0 Å². The number of rotatable bonds is 6. The first-order valence-corrected chi connectivity index (χ1v) is 8.16. The van der Waals surface area contributed by atoms with E-state index >= 15 is 0 Å². The number of nitrogens with zero attached hydrogens (tertiary/aromatic N) is 2. The summed E-state index contributed by atoms with van der Waals surface area (Å²) in [6, 6.07) is 3.72. The van der Waals surface area contributed by atoms with Crippen molar-refractivity contribution in [2.45, 2.75) is 51.4 Å². The zero-order valence-corrected chi connectivity index (χ0v) is 16.4. The Bertz CT molecular complexity index is 548. The molecule has 1 aromatic rings. The monoisotopic (exact) mass is 472 g/mol. The van der Waals surface area contributed by atoms with Crippen LogP contribution < -0.4 is 15.4 Å². The molecule has 9 heteroatoms. The Morgan fingerprint density at radius 3 is 2.72 bits per heavy atom. The minimum atomic E-state index is -4.39. The highest BCUT2D eigenvalue weighted by atomic mass is 127. The second kappa shape index (κ2) is 10.7. The van der Waals surface area contributed by atoms with Crippen LogP contribution in [-0.4, -0.2) is 36.3 Å². The standard InChI is InChI=1S/C16H23F3N4O.HI/c1-2-20-15(23-13-7-3-4-8-13)22-10-12-6-5-9-21-14(12)24-11-16(17,18)19;/h5-6,9,13H,2-4,7-8,10-11H2,1H3,(H2,20,22,23);1H. The third-order valence-electron chi connectivity index (χ3n) is 3.67. The van der Waals surface area contributed by atoms with Gasteiger partial charge in [-0.2, -0.15) is 13.2 Å². The van der Waals surface area contributed by atoms with Crippen molar-refractivity contribution in [1.82, 2.24) is 15.6 Å². The van der Waals surface area contributed by atoms with Gasteiger partial charge in [0.1, 0.15) is 0 Å². The van der Waals surface area contributed by atoms with Gasteiger partial charge in [0.15, 0.2) is 12.6 Å². The van der Waals surface area contributed by atoms with Crippen molar-refractivity contribution < 1.29 is 17.9 Å². The number of pyridine rings is 1. The number of nitrogens with one attached hydrogen (secondary N) is 2. The lowest BCUT2D eigenvalue weighted by Gasteiger charge is -2.17. The molecule has 0 radical (unpaired) electrons. The van der Waals surface area contributed by atoms with Gasteiger partial charge in [0.2, 0.25) is 5.88 Å². The summed E-state index contributed by atoms with van der Waals surface area (Å²) in [5.74, 6) is 0.630. The zero-order valence-electron chi connectivity index (χ0n) is 14.1. The Morgan fingerprint density at radius 2 is 2.08 bits per heavy atom. The normalized spacial score (nSPS) is 15.6. The first-order valence-electron chi connectivity index (χ1n) is 8.16. The molecular formula is C16H24F3IN4O. The molecule has 0 aromatic carbocycles. The Morgan fingerprint density at radius 1 is 1.36 bits per heavy atom. The van der Waals surface area contributed by atoms with Crippen molar-refractivity contribution in [1.29, 1.82) is 0 Å². The number of halogens is 4. The summed E-state index contributed by atoms with van der Waals surface area (Å²) in [6.07, 6.45) is 1.64. The van der Waals surface area contributed by atoms with E-state index in [-0.39, 0.29) is 36.4 Å². The highest BCUT2D eigenvalue weighted by Crippen LogP contribution is 2.21. The van der Waals surface area contributed by atoms with Crippen LogP contribution in [0.5, 0.6) is 5.88 Å². The summed E-state index contributed by atoms with van der Waals surface area (Å²) in [5, 5.41) is 6.51. The van der Waals surface area contributed by atoms with Crippen LogP contribution in [0.15, 0.2) is 23.3 Å². The maximum atomic E-state index is 12.3. The maximum Gasteiger partial charge on any atom is 0.422 e. The molecule has 0 unspecified atom stereocenters. The van der Waals surface area contributed by atoms with Crippen LogP contribution in [0.2, 0.25) is 0 Å². The molecule has 0 saturated heterocycles. The van der Waals surface area contributed by atoms with Crippen molar-refractivity contribution in [2.75, 3.05) is 13.2 Å². The van der Waals surface area contributed by atoms with E-state index in [1.807, 2.05) is 6.92 Å². The molecule has 0 atom stereocenters. The summed E-state index contributed by atoms with van der Waals surface area (Å²) in [7, 11) is 0. The second-order valence-corrected chi connectivity index (χ2v) is 5.69. The minimum absolute atomic E-state index is 0. The fourth-order valence-electron chi connectivity index (χ4n) is 2.57. The molecule has 2 N–H and O–H groups in total. The predicted molar refractivity (Wildman–Crippen MR) is 101 cm³/mol. The van der Waals surface area contributed by atoms with Crippen LogP contribution in [0.1, 0.15) is 38.2 Å². The minimum Gasteiger partial charge on any atom is -0.468 e. The second-order valence-electron chi connectivity index (χ2n) is 5.69. The Hall–Kier alpha value is -1.26. The van der Waals surface area contributed by atoms with Crippen LogP contribution in [0.3, 0.4) is 0 Å².